The van der Waals surface area contributed by atoms with E-state index in [9.17, 15) is 40.5 Å². The van der Waals surface area contributed by atoms with Crippen molar-refractivity contribution in [3.63, 3.8) is 0 Å². The van der Waals surface area contributed by atoms with E-state index in [2.05, 4.69) is 31.3 Å². The van der Waals surface area contributed by atoms with Crippen molar-refractivity contribution in [3.05, 3.63) is 12.2 Å². The lowest BCUT2D eigenvalue weighted by Crippen LogP contribution is -2.60. The molecule has 0 aromatic rings. The fourth-order valence-corrected chi connectivity index (χ4v) is 11.2. The van der Waals surface area contributed by atoms with Crippen molar-refractivity contribution < 1.29 is 50.0 Å². The predicted octanol–water partition coefficient (Wildman–Crippen LogP) is 15.5. The molecule has 1 aliphatic rings. The highest BCUT2D eigenvalue weighted by Gasteiger charge is 2.44. The molecule has 11 nitrogen and oxygen atoms in total. The van der Waals surface area contributed by atoms with Crippen LogP contribution in [-0.2, 0) is 14.3 Å². The number of rotatable bonds is 59. The lowest BCUT2D eigenvalue weighted by molar-refractivity contribution is -0.303. The molecule has 8 N–H and O–H groups in total. The van der Waals surface area contributed by atoms with Gasteiger partial charge in [-0.05, 0) is 38.5 Å². The van der Waals surface area contributed by atoms with Gasteiger partial charge in [-0.2, -0.15) is 0 Å². The molecule has 0 aliphatic carbocycles. The maximum absolute atomic E-state index is 13.2. The molecule has 1 heterocycles. The second-order valence-electron chi connectivity index (χ2n) is 23.9. The molecule has 0 saturated carbocycles. The number of hydrogen-bond donors (Lipinski definition) is 8. The Morgan fingerprint density at radius 1 is 0.442 bits per heavy atom. The molecule has 1 rings (SSSR count). The van der Waals surface area contributed by atoms with E-state index in [4.69, 9.17) is 9.47 Å². The Kier molecular flexibility index (Phi) is 53.1. The molecule has 0 aromatic carbocycles. The largest absolute Gasteiger partial charge is 0.394 e. The van der Waals surface area contributed by atoms with Gasteiger partial charge in [-0.25, -0.2) is 0 Å². The van der Waals surface area contributed by atoms with Crippen molar-refractivity contribution in [3.8, 4) is 0 Å². The maximum Gasteiger partial charge on any atom is 0.249 e. The number of nitrogens with one attached hydrogen (secondary N) is 1. The van der Waals surface area contributed by atoms with Gasteiger partial charge in [0.15, 0.2) is 6.29 Å². The number of ether oxygens (including phenoxy) is 2. The van der Waals surface area contributed by atoms with Crippen LogP contribution >= 0.6 is 0 Å². The fourth-order valence-electron chi connectivity index (χ4n) is 11.2. The normalized spacial score (nSPS) is 19.5. The van der Waals surface area contributed by atoms with Gasteiger partial charge >= 0.3 is 0 Å². The number of carbonyl (C=O) groups is 1. The van der Waals surface area contributed by atoms with Gasteiger partial charge < -0.3 is 50.5 Å². The van der Waals surface area contributed by atoms with Crippen molar-refractivity contribution in [2.45, 2.75) is 390 Å². The molecule has 1 saturated heterocycles. The molecule has 1 amide bonds. The van der Waals surface area contributed by atoms with E-state index in [1.807, 2.05) is 0 Å². The van der Waals surface area contributed by atoms with Crippen LogP contribution in [0.15, 0.2) is 12.2 Å². The highest BCUT2D eigenvalue weighted by atomic mass is 16.7. The van der Waals surface area contributed by atoms with E-state index in [1.54, 1.807) is 0 Å². The molecular weight excluding hydrogens is 967 g/mol. The Balaban J connectivity index is 2.24. The van der Waals surface area contributed by atoms with Crippen LogP contribution in [0.25, 0.3) is 0 Å². The minimum absolute atomic E-state index is 0.260. The first kappa shape index (κ1) is 73.9. The topological polar surface area (TPSA) is 189 Å². The molecule has 0 aromatic heterocycles. The number of aliphatic hydroxyl groups excluding tert-OH is 7. The van der Waals surface area contributed by atoms with Gasteiger partial charge in [0.05, 0.1) is 25.4 Å². The Bertz CT molecular complexity index is 1260. The Morgan fingerprint density at radius 3 is 1.12 bits per heavy atom. The minimum Gasteiger partial charge on any atom is -0.394 e. The molecule has 0 spiro atoms. The second kappa shape index (κ2) is 55.4. The summed E-state index contributed by atoms with van der Waals surface area (Å²) in [5, 5.41) is 76.4. The van der Waals surface area contributed by atoms with Crippen LogP contribution in [0.4, 0.5) is 0 Å². The smallest absolute Gasteiger partial charge is 0.249 e. The number of hydrogen-bond acceptors (Lipinski definition) is 10. The van der Waals surface area contributed by atoms with Gasteiger partial charge in [-0.15, -0.1) is 0 Å². The van der Waals surface area contributed by atoms with E-state index in [-0.39, 0.29) is 12.8 Å². The first-order chi connectivity index (χ1) is 37.7. The van der Waals surface area contributed by atoms with Gasteiger partial charge in [0.1, 0.15) is 36.6 Å². The summed E-state index contributed by atoms with van der Waals surface area (Å²) in [6.07, 6.45) is 55.7. The Hall–Kier alpha value is -1.15. The average molecular weight is 1100 g/mol. The van der Waals surface area contributed by atoms with E-state index >= 15 is 0 Å². The summed E-state index contributed by atoms with van der Waals surface area (Å²) in [5.74, 6) is -0.698. The Labute approximate surface area is 474 Å². The molecule has 77 heavy (non-hydrogen) atoms. The van der Waals surface area contributed by atoms with Crippen molar-refractivity contribution in [1.82, 2.24) is 5.32 Å². The minimum atomic E-state index is -1.67. The summed E-state index contributed by atoms with van der Waals surface area (Å²) in [6.45, 7) is 3.50. The van der Waals surface area contributed by atoms with E-state index in [0.717, 1.165) is 38.5 Å². The zero-order valence-electron chi connectivity index (χ0n) is 50.5. The van der Waals surface area contributed by atoms with Crippen molar-refractivity contribution >= 4 is 5.91 Å². The summed E-state index contributed by atoms with van der Waals surface area (Å²) in [5.41, 5.74) is 0. The molecular formula is C66H129NO10. The zero-order chi connectivity index (χ0) is 56.1. The van der Waals surface area contributed by atoms with Gasteiger partial charge in [0, 0.05) is 0 Å². The molecule has 0 radical (unpaired) electrons. The van der Waals surface area contributed by atoms with Crippen LogP contribution < -0.4 is 5.32 Å². The molecule has 0 bridgehead atoms. The summed E-state index contributed by atoms with van der Waals surface area (Å²) in [6, 6.07) is -1.18. The third kappa shape index (κ3) is 43.2. The number of amides is 1. The monoisotopic (exact) mass is 1100 g/mol. The first-order valence-electron chi connectivity index (χ1n) is 33.6. The maximum atomic E-state index is 13.2. The number of unbranched alkanes of at least 4 members (excludes halogenated alkanes) is 45. The van der Waals surface area contributed by atoms with Crippen LogP contribution in [0.5, 0.6) is 0 Å². The fraction of sp³-hybridized carbons (Fsp3) is 0.955. The Morgan fingerprint density at radius 2 is 0.766 bits per heavy atom. The molecule has 1 fully saturated rings. The quantitative estimate of drug-likeness (QED) is 0.0215. The number of allylic oxidation sites excluding steroid dienone is 2. The lowest BCUT2D eigenvalue weighted by Gasteiger charge is -2.40. The highest BCUT2D eigenvalue weighted by molar-refractivity contribution is 5.80. The second-order valence-corrected chi connectivity index (χ2v) is 23.9. The summed E-state index contributed by atoms with van der Waals surface area (Å²) in [4.78, 5) is 13.2. The standard InChI is InChI=1S/C66H129NO10/c1-3-5-7-9-11-13-15-17-19-21-23-25-27-29-31-33-35-37-39-41-43-45-47-49-51-53-58(69)61(71)57(56-76-66-64(74)63(73)62(72)60(55-68)77-66)67-65(75)59(70)54-52-50-48-46-44-42-40-38-36-34-32-30-28-26-24-22-20-18-16-14-12-10-8-6-4-2/h45,47,57-64,66,68-74H,3-44,46,48-56H2,1-2H3,(H,67,75)/b47-45+. The highest BCUT2D eigenvalue weighted by Crippen LogP contribution is 2.24. The third-order valence-corrected chi connectivity index (χ3v) is 16.6. The number of aliphatic hydroxyl groups is 7. The first-order valence-corrected chi connectivity index (χ1v) is 33.6. The average Bonchev–Trinajstić information content (AvgIpc) is 3.43. The summed E-state index contributed by atoms with van der Waals surface area (Å²) in [7, 11) is 0. The van der Waals surface area contributed by atoms with Crippen LogP contribution in [0, 0.1) is 0 Å². The molecule has 1 aliphatic heterocycles. The van der Waals surface area contributed by atoms with Gasteiger partial charge in [-0.1, -0.05) is 309 Å². The molecule has 11 heteroatoms. The number of carbonyl (C=O) groups excluding carboxylic acids is 1. The van der Waals surface area contributed by atoms with E-state index in [0.29, 0.717) is 12.8 Å². The van der Waals surface area contributed by atoms with Crippen LogP contribution in [0.1, 0.15) is 335 Å². The van der Waals surface area contributed by atoms with Crippen LogP contribution in [-0.4, -0.2) is 110 Å². The van der Waals surface area contributed by atoms with Crippen molar-refractivity contribution in [2.75, 3.05) is 13.2 Å². The lowest BCUT2D eigenvalue weighted by atomic mass is 9.98. The summed E-state index contributed by atoms with van der Waals surface area (Å²) >= 11 is 0. The van der Waals surface area contributed by atoms with Crippen molar-refractivity contribution in [1.29, 1.82) is 0 Å². The van der Waals surface area contributed by atoms with E-state index in [1.165, 1.54) is 257 Å². The molecule has 9 atom stereocenters. The van der Waals surface area contributed by atoms with Gasteiger partial charge in [0.25, 0.3) is 0 Å². The van der Waals surface area contributed by atoms with Crippen molar-refractivity contribution in [2.24, 2.45) is 0 Å². The third-order valence-electron chi connectivity index (χ3n) is 16.6. The van der Waals surface area contributed by atoms with Crippen LogP contribution in [0.2, 0.25) is 0 Å². The SMILES string of the molecule is CCCCCCCCCCCCCCCCCCCCCC/C=C/CCCC(O)C(O)C(COC1OC(CO)C(O)C(O)C1O)NC(=O)C(O)CCCCCCCCCCCCCCCCCCCCCCCCCCC. The zero-order valence-corrected chi connectivity index (χ0v) is 50.5. The van der Waals surface area contributed by atoms with Crippen LogP contribution in [0.3, 0.4) is 0 Å². The van der Waals surface area contributed by atoms with Gasteiger partial charge in [-0.3, -0.25) is 4.79 Å². The molecule has 9 unspecified atom stereocenters. The predicted molar refractivity (Wildman–Crippen MR) is 321 cm³/mol. The molecule has 458 valence electrons. The van der Waals surface area contributed by atoms with E-state index < -0.39 is 74.2 Å². The van der Waals surface area contributed by atoms with Gasteiger partial charge in [0.2, 0.25) is 5.91 Å². The summed E-state index contributed by atoms with van der Waals surface area (Å²) < 4.78 is 11.2.